The second-order valence-electron chi connectivity index (χ2n) is 47.5. The first-order valence-electron chi connectivity index (χ1n) is 51.6. The third-order valence-corrected chi connectivity index (χ3v) is 42.9. The van der Waals surface area contributed by atoms with Gasteiger partial charge >= 0.3 is 0 Å². The number of nitrogens with zero attached hydrogens (tertiary/aromatic N) is 3. The van der Waals surface area contributed by atoms with Gasteiger partial charge in [-0.2, -0.15) is 0 Å². The van der Waals surface area contributed by atoms with Crippen molar-refractivity contribution in [2.75, 3.05) is 0 Å². The molecule has 0 aromatic rings. The summed E-state index contributed by atoms with van der Waals surface area (Å²) < 4.78 is 0. The minimum Gasteiger partial charge on any atom is -0.295 e. The molecule has 0 spiro atoms. The van der Waals surface area contributed by atoms with E-state index in [1.54, 1.807) is 372 Å². The summed E-state index contributed by atoms with van der Waals surface area (Å²) in [6, 6.07) is 7.78. The van der Waals surface area contributed by atoms with Gasteiger partial charge in [-0.3, -0.25) is 14.7 Å². The van der Waals surface area contributed by atoms with E-state index in [4.69, 9.17) is 0 Å². The van der Waals surface area contributed by atoms with E-state index in [0.29, 0.717) is 5.41 Å². The number of likely N-dealkylation sites (tertiary alicyclic amines) is 1. The van der Waals surface area contributed by atoms with Crippen LogP contribution in [0.1, 0.15) is 412 Å². The van der Waals surface area contributed by atoms with Crippen LogP contribution in [0.25, 0.3) is 0 Å². The smallest absolute Gasteiger partial charge is 0.156 e. The molecule has 106 heavy (non-hydrogen) atoms. The molecule has 3 nitrogen and oxygen atoms in total. The summed E-state index contributed by atoms with van der Waals surface area (Å²) >= 11 is 0. The molecule has 21 fully saturated rings. The molecule has 18 saturated carbocycles. The Balaban J connectivity index is 0.734. The second kappa shape index (κ2) is 31.4. The zero-order valence-electron chi connectivity index (χ0n) is 69.9. The van der Waals surface area contributed by atoms with Gasteiger partial charge in [-0.1, -0.05) is 297 Å². The van der Waals surface area contributed by atoms with Crippen molar-refractivity contribution < 1.29 is 0 Å². The van der Waals surface area contributed by atoms with Crippen molar-refractivity contribution in [2.45, 2.75) is 484 Å². The summed E-state index contributed by atoms with van der Waals surface area (Å²) in [6.45, 7) is 9.65. The highest BCUT2D eigenvalue weighted by molar-refractivity contribution is 6.65. The third-order valence-electron chi connectivity index (χ3n) is 42.9. The van der Waals surface area contributed by atoms with E-state index < -0.39 is 0 Å². The largest absolute Gasteiger partial charge is 0.295 e. The Bertz CT molecular complexity index is 2780. The summed E-state index contributed by atoms with van der Waals surface area (Å²) in [6.07, 6.45) is 97.3. The molecule has 0 aromatic carbocycles. The monoisotopic (exact) mass is 1450 g/mol. The SMILES string of the molecule is CC(C)(C)C1CC2C3B(C4CCC(C5CC6CCCC7C8CCCC9CCCC(C(C5)C67)C98)CC4N2C2C(C4CCCCC4)CC(C4CCCCC4)CC2C2CCCCC2)C2CCC(N4C5CCCCC5C5CCCCC54)CC2N(C2C(C4CCCCC4)CC(C4CCCCC4)CC2C2CCCCC2)C3C1. The van der Waals surface area contributed by atoms with Crippen molar-refractivity contribution in [1.29, 1.82) is 0 Å². The van der Waals surface area contributed by atoms with Gasteiger partial charge in [-0.15, -0.1) is 0 Å². The lowest BCUT2D eigenvalue weighted by Crippen LogP contribution is -2.77. The average molecular weight is 1450 g/mol. The Hall–Kier alpha value is -0.0551. The predicted molar refractivity (Wildman–Crippen MR) is 445 cm³/mol. The molecule has 3 heterocycles. The number of rotatable bonds is 10. The molecule has 0 N–H and O–H groups in total. The zero-order valence-corrected chi connectivity index (χ0v) is 69.9. The second-order valence-corrected chi connectivity index (χ2v) is 47.5. The van der Waals surface area contributed by atoms with Gasteiger partial charge in [0, 0.05) is 54.4 Å². The quantitative estimate of drug-likeness (QED) is 0.202. The van der Waals surface area contributed by atoms with Crippen LogP contribution < -0.4 is 0 Å². The highest BCUT2D eigenvalue weighted by Crippen LogP contribution is 2.72. The van der Waals surface area contributed by atoms with Crippen LogP contribution in [-0.2, 0) is 0 Å². The number of fused-ring (bicyclic) bond motifs is 9. The van der Waals surface area contributed by atoms with E-state index in [2.05, 4.69) is 35.5 Å². The molecule has 18 aliphatic carbocycles. The first-order valence-corrected chi connectivity index (χ1v) is 51.6. The molecule has 0 aromatic heterocycles. The fraction of sp³-hybridized carbons (Fsp3) is 1.00. The molecule has 21 aliphatic rings. The van der Waals surface area contributed by atoms with Gasteiger partial charge < -0.3 is 0 Å². The van der Waals surface area contributed by atoms with Gasteiger partial charge in [0.2, 0.25) is 0 Å². The van der Waals surface area contributed by atoms with E-state index in [1.165, 1.54) is 19.3 Å². The van der Waals surface area contributed by atoms with Gasteiger partial charge in [0.25, 0.3) is 0 Å². The van der Waals surface area contributed by atoms with E-state index in [0.717, 1.165) is 226 Å². The van der Waals surface area contributed by atoms with Crippen molar-refractivity contribution in [3.05, 3.63) is 0 Å². The third kappa shape index (κ3) is 13.3. The normalized spacial score (nSPS) is 50.9. The highest BCUT2D eigenvalue weighted by Gasteiger charge is 2.71. The zero-order chi connectivity index (χ0) is 70.3. The van der Waals surface area contributed by atoms with Crippen LogP contribution in [-0.4, -0.2) is 75.8 Å². The molecule has 0 bridgehead atoms. The molecular formula is C102H168BN3. The maximum absolute atomic E-state index is 4.05. The standard InChI is InChI=1S/C102H168BN3/c1-102(2,3)77-62-95-99-96(63-77)106(101-86(69-37-18-8-19-38-69)58-76(66-31-12-5-13-32-66)59-87(101)70-39-20-9-21-40-70)94-64-78(104-91-49-24-22-44-79(91)80-45-23-25-50-92(80)104)52-54-90(94)103(99)89-53-51-72(74-55-73-43-28-47-82-81-46-26-41-71-42-27-48-83(97(71)81)88(60-74)98(73)82)61-93(89)105(95)100-84(67-33-14-6-15-34-67)56-75(65-29-10-4-11-30-65)57-85(100)68-35-16-7-17-36-68/h65-101H,4-64H2,1-3H3. The van der Waals surface area contributed by atoms with Crippen LogP contribution in [0.4, 0.5) is 0 Å². The molecule has 27 unspecified atom stereocenters. The van der Waals surface area contributed by atoms with Crippen LogP contribution >= 0.6 is 0 Å². The summed E-state index contributed by atoms with van der Waals surface area (Å²) in [4.78, 5) is 11.7. The van der Waals surface area contributed by atoms with E-state index in [9.17, 15) is 0 Å². The lowest BCUT2D eigenvalue weighted by molar-refractivity contribution is -0.157. The van der Waals surface area contributed by atoms with Crippen molar-refractivity contribution in [2.24, 2.45) is 153 Å². The highest BCUT2D eigenvalue weighted by atomic mass is 15.3. The minimum absolute atomic E-state index is 0.345. The van der Waals surface area contributed by atoms with Gasteiger partial charge in [0.1, 0.15) is 0 Å². The van der Waals surface area contributed by atoms with Gasteiger partial charge in [-0.25, -0.2) is 0 Å². The Morgan fingerprint density at radius 1 is 0.208 bits per heavy atom. The summed E-state index contributed by atoms with van der Waals surface area (Å²) in [5.74, 6) is 28.7. The minimum atomic E-state index is 0.345. The van der Waals surface area contributed by atoms with Crippen LogP contribution in [0.2, 0.25) is 17.5 Å². The molecule has 4 heteroatoms. The summed E-state index contributed by atoms with van der Waals surface area (Å²) in [5, 5.41) is 0. The Morgan fingerprint density at radius 3 is 1.01 bits per heavy atom. The lowest BCUT2D eigenvalue weighted by atomic mass is 9.18. The van der Waals surface area contributed by atoms with Crippen LogP contribution in [0.3, 0.4) is 0 Å². The molecule has 0 radical (unpaired) electrons. The maximum Gasteiger partial charge on any atom is 0.156 e. The first kappa shape index (κ1) is 73.6. The number of hydrogen-bond acceptors (Lipinski definition) is 3. The van der Waals surface area contributed by atoms with Crippen molar-refractivity contribution in [1.82, 2.24) is 14.7 Å². The molecule has 3 aliphatic heterocycles. The van der Waals surface area contributed by atoms with Gasteiger partial charge in [0.05, 0.1) is 0 Å². The van der Waals surface area contributed by atoms with Crippen LogP contribution in [0, 0.1) is 153 Å². The fourth-order valence-electron chi connectivity index (χ4n) is 39.4. The average Bonchev–Trinajstić information content (AvgIpc) is 0.722. The Kier molecular flexibility index (Phi) is 21.8. The lowest BCUT2D eigenvalue weighted by Gasteiger charge is -2.73. The molecule has 21 rings (SSSR count). The molecular weight excluding hydrogens is 1280 g/mol. The van der Waals surface area contributed by atoms with Crippen molar-refractivity contribution in [3.63, 3.8) is 0 Å². The van der Waals surface area contributed by atoms with E-state index >= 15 is 0 Å². The number of hydrogen-bond donors (Lipinski definition) is 0. The maximum atomic E-state index is 4.05. The summed E-state index contributed by atoms with van der Waals surface area (Å²) in [5.41, 5.74) is 0.345. The van der Waals surface area contributed by atoms with E-state index in [1.807, 2.05) is 0 Å². The molecule has 0 amide bonds. The van der Waals surface area contributed by atoms with Crippen molar-refractivity contribution in [3.8, 4) is 0 Å². The predicted octanol–water partition coefficient (Wildman–Crippen LogP) is 27.3. The topological polar surface area (TPSA) is 9.72 Å². The van der Waals surface area contributed by atoms with E-state index in [-0.39, 0.29) is 0 Å². The van der Waals surface area contributed by atoms with Crippen LogP contribution in [0.15, 0.2) is 0 Å². The van der Waals surface area contributed by atoms with Crippen molar-refractivity contribution >= 4 is 6.71 Å². The molecule has 27 atom stereocenters. The van der Waals surface area contributed by atoms with Crippen LogP contribution in [0.5, 0.6) is 0 Å². The van der Waals surface area contributed by atoms with Gasteiger partial charge in [-0.05, 0) is 286 Å². The first-order chi connectivity index (χ1) is 52.2. The summed E-state index contributed by atoms with van der Waals surface area (Å²) in [7, 11) is 0. The Morgan fingerprint density at radius 2 is 0.557 bits per heavy atom. The fourth-order valence-corrected chi connectivity index (χ4v) is 39.4. The Labute approximate surface area is 655 Å². The molecule has 3 saturated heterocycles. The van der Waals surface area contributed by atoms with Gasteiger partial charge in [0.15, 0.2) is 6.71 Å². The molecule has 594 valence electrons.